The molecule has 1 aromatic carbocycles. The van der Waals surface area contributed by atoms with Crippen molar-refractivity contribution in [1.82, 2.24) is 14.9 Å². The molecule has 0 aromatic heterocycles. The third-order valence-electron chi connectivity index (χ3n) is 5.78. The molecule has 2 fully saturated rings. The molecule has 2 heterocycles. The number of guanidine groups is 1. The number of anilines is 1. The van der Waals surface area contributed by atoms with Crippen molar-refractivity contribution in [1.29, 1.82) is 0 Å². The fraction of sp³-hybridized carbons (Fsp3) is 0.650. The lowest BCUT2D eigenvalue weighted by molar-refractivity contribution is 0.274. The van der Waals surface area contributed by atoms with Gasteiger partial charge in [0.05, 0.1) is 17.0 Å². The first-order valence-electron chi connectivity index (χ1n) is 10.3. The second-order valence-electron chi connectivity index (χ2n) is 7.94. The molecule has 7 nitrogen and oxygen atoms in total. The van der Waals surface area contributed by atoms with Crippen LogP contribution in [0.3, 0.4) is 0 Å². The number of sulfonamides is 1. The van der Waals surface area contributed by atoms with Crippen molar-refractivity contribution >= 4 is 33.3 Å². The standard InChI is InChI=1S/C20H32ClN5O2S/c1-22-20(23-14-16-9-12-26(13-10-16)29(2,27)28)24-17-6-5-11-25(15-17)19-8-4-3-7-18(19)21/h3-4,7-8,16-17H,5-6,9-15H2,1-2H3,(H2,22,23,24). The smallest absolute Gasteiger partial charge is 0.211 e. The van der Waals surface area contributed by atoms with Crippen LogP contribution in [0.5, 0.6) is 0 Å². The van der Waals surface area contributed by atoms with Gasteiger partial charge in [-0.1, -0.05) is 23.7 Å². The molecule has 0 aliphatic carbocycles. The summed E-state index contributed by atoms with van der Waals surface area (Å²) in [6.07, 6.45) is 5.23. The van der Waals surface area contributed by atoms with Gasteiger partial charge in [-0.2, -0.15) is 0 Å². The van der Waals surface area contributed by atoms with Crippen LogP contribution < -0.4 is 15.5 Å². The lowest BCUT2D eigenvalue weighted by Gasteiger charge is -2.36. The third-order valence-corrected chi connectivity index (χ3v) is 7.40. The number of hydrogen-bond donors (Lipinski definition) is 2. The molecule has 1 aromatic rings. The molecule has 0 saturated carbocycles. The maximum atomic E-state index is 11.6. The molecule has 2 saturated heterocycles. The van der Waals surface area contributed by atoms with E-state index < -0.39 is 10.0 Å². The number of benzene rings is 1. The van der Waals surface area contributed by atoms with Gasteiger partial charge in [-0.15, -0.1) is 0 Å². The molecule has 0 radical (unpaired) electrons. The summed E-state index contributed by atoms with van der Waals surface area (Å²) in [7, 11) is -1.28. The molecule has 1 unspecified atom stereocenters. The zero-order valence-electron chi connectivity index (χ0n) is 17.3. The Balaban J connectivity index is 1.47. The van der Waals surface area contributed by atoms with Crippen LogP contribution in [0, 0.1) is 5.92 Å². The van der Waals surface area contributed by atoms with E-state index in [1.165, 1.54) is 6.26 Å². The fourth-order valence-corrected chi connectivity index (χ4v) is 5.23. The van der Waals surface area contributed by atoms with E-state index >= 15 is 0 Å². The molecule has 0 bridgehead atoms. The minimum absolute atomic E-state index is 0.304. The SMILES string of the molecule is CN=C(NCC1CCN(S(C)(=O)=O)CC1)NC1CCCN(c2ccccc2Cl)C1. The quantitative estimate of drug-likeness (QED) is 0.540. The van der Waals surface area contributed by atoms with Crippen molar-refractivity contribution in [3.63, 3.8) is 0 Å². The largest absolute Gasteiger partial charge is 0.368 e. The highest BCUT2D eigenvalue weighted by Gasteiger charge is 2.26. The highest BCUT2D eigenvalue weighted by molar-refractivity contribution is 7.88. The van der Waals surface area contributed by atoms with Crippen LogP contribution in [0.15, 0.2) is 29.3 Å². The summed E-state index contributed by atoms with van der Waals surface area (Å²) < 4.78 is 24.9. The van der Waals surface area contributed by atoms with Gasteiger partial charge in [-0.25, -0.2) is 12.7 Å². The first-order valence-corrected chi connectivity index (χ1v) is 12.5. The van der Waals surface area contributed by atoms with Crippen molar-refractivity contribution in [3.8, 4) is 0 Å². The zero-order chi connectivity index (χ0) is 20.9. The average molecular weight is 442 g/mol. The molecule has 1 atom stereocenters. The molecule has 2 aliphatic rings. The highest BCUT2D eigenvalue weighted by Crippen LogP contribution is 2.27. The Labute approximate surface area is 179 Å². The number of rotatable bonds is 5. The van der Waals surface area contributed by atoms with E-state index in [9.17, 15) is 8.42 Å². The van der Waals surface area contributed by atoms with E-state index in [1.807, 2.05) is 18.2 Å². The molecular weight excluding hydrogens is 410 g/mol. The molecule has 0 amide bonds. The first-order chi connectivity index (χ1) is 13.9. The minimum Gasteiger partial charge on any atom is -0.368 e. The first kappa shape index (κ1) is 22.2. The van der Waals surface area contributed by atoms with Crippen LogP contribution in [0.25, 0.3) is 0 Å². The van der Waals surface area contributed by atoms with E-state index in [0.717, 1.165) is 62.0 Å². The number of hydrogen-bond acceptors (Lipinski definition) is 4. The Morgan fingerprint density at radius 1 is 1.21 bits per heavy atom. The van der Waals surface area contributed by atoms with Gasteiger partial charge in [-0.05, 0) is 43.7 Å². The Morgan fingerprint density at radius 3 is 2.59 bits per heavy atom. The van der Waals surface area contributed by atoms with Crippen molar-refractivity contribution < 1.29 is 8.42 Å². The molecule has 29 heavy (non-hydrogen) atoms. The minimum atomic E-state index is -3.07. The van der Waals surface area contributed by atoms with Gasteiger partial charge in [0.25, 0.3) is 0 Å². The summed E-state index contributed by atoms with van der Waals surface area (Å²) in [4.78, 5) is 6.71. The maximum Gasteiger partial charge on any atom is 0.211 e. The normalized spacial score (nSPS) is 22.5. The fourth-order valence-electron chi connectivity index (χ4n) is 4.10. The molecular formula is C20H32ClN5O2S. The predicted molar refractivity (Wildman–Crippen MR) is 120 cm³/mol. The van der Waals surface area contributed by atoms with Crippen molar-refractivity contribution in [2.75, 3.05) is 50.9 Å². The second kappa shape index (κ2) is 10.00. The lowest BCUT2D eigenvalue weighted by Crippen LogP contribution is -2.52. The summed E-state index contributed by atoms with van der Waals surface area (Å²) in [6, 6.07) is 8.29. The molecule has 0 spiro atoms. The number of nitrogens with one attached hydrogen (secondary N) is 2. The lowest BCUT2D eigenvalue weighted by atomic mass is 9.98. The highest BCUT2D eigenvalue weighted by atomic mass is 35.5. The zero-order valence-corrected chi connectivity index (χ0v) is 18.8. The van der Waals surface area contributed by atoms with Crippen molar-refractivity contribution in [3.05, 3.63) is 29.3 Å². The third kappa shape index (κ3) is 6.23. The van der Waals surface area contributed by atoms with Crippen LogP contribution in [0.2, 0.25) is 5.02 Å². The molecule has 3 rings (SSSR count). The van der Waals surface area contributed by atoms with Crippen molar-refractivity contribution in [2.24, 2.45) is 10.9 Å². The Kier molecular flexibility index (Phi) is 7.65. The van der Waals surface area contributed by atoms with Gasteiger partial charge in [0.15, 0.2) is 5.96 Å². The number of para-hydroxylation sites is 1. The number of nitrogens with zero attached hydrogens (tertiary/aromatic N) is 3. The number of halogens is 1. The van der Waals surface area contributed by atoms with Gasteiger partial charge >= 0.3 is 0 Å². The van der Waals surface area contributed by atoms with Gasteiger partial charge in [0.1, 0.15) is 0 Å². The Bertz CT molecular complexity index is 809. The van der Waals surface area contributed by atoms with Gasteiger partial charge in [-0.3, -0.25) is 4.99 Å². The van der Waals surface area contributed by atoms with E-state index in [1.54, 1.807) is 11.4 Å². The van der Waals surface area contributed by atoms with Crippen LogP contribution in [-0.4, -0.2) is 70.8 Å². The number of piperidine rings is 2. The van der Waals surface area contributed by atoms with E-state index in [-0.39, 0.29) is 0 Å². The summed E-state index contributed by atoms with van der Waals surface area (Å²) in [5.41, 5.74) is 1.08. The van der Waals surface area contributed by atoms with Gasteiger partial charge in [0, 0.05) is 45.8 Å². The van der Waals surface area contributed by atoms with E-state index in [4.69, 9.17) is 11.6 Å². The second-order valence-corrected chi connectivity index (χ2v) is 10.3. The average Bonchev–Trinajstić information content (AvgIpc) is 2.71. The van der Waals surface area contributed by atoms with Crippen LogP contribution >= 0.6 is 11.6 Å². The topological polar surface area (TPSA) is 77.0 Å². The van der Waals surface area contributed by atoms with Crippen LogP contribution in [0.1, 0.15) is 25.7 Å². The summed E-state index contributed by atoms with van der Waals surface area (Å²) in [5.74, 6) is 1.26. The monoisotopic (exact) mass is 441 g/mol. The van der Waals surface area contributed by atoms with Crippen LogP contribution in [-0.2, 0) is 10.0 Å². The van der Waals surface area contributed by atoms with E-state index in [2.05, 4.69) is 26.6 Å². The predicted octanol–water partition coefficient (Wildman–Crippen LogP) is 2.15. The molecule has 2 N–H and O–H groups in total. The molecule has 162 valence electrons. The summed E-state index contributed by atoms with van der Waals surface area (Å²) in [6.45, 7) is 3.90. The van der Waals surface area contributed by atoms with Crippen LogP contribution in [0.4, 0.5) is 5.69 Å². The van der Waals surface area contributed by atoms with Gasteiger partial charge in [0.2, 0.25) is 10.0 Å². The maximum absolute atomic E-state index is 11.6. The molecule has 2 aliphatic heterocycles. The Hall–Kier alpha value is -1.51. The van der Waals surface area contributed by atoms with Crippen molar-refractivity contribution in [2.45, 2.75) is 31.7 Å². The van der Waals surface area contributed by atoms with E-state index in [0.29, 0.717) is 25.0 Å². The Morgan fingerprint density at radius 2 is 1.93 bits per heavy atom. The van der Waals surface area contributed by atoms with Gasteiger partial charge < -0.3 is 15.5 Å². The summed E-state index contributed by atoms with van der Waals surface area (Å²) in [5, 5.41) is 7.77. The molecule has 9 heteroatoms. The summed E-state index contributed by atoms with van der Waals surface area (Å²) >= 11 is 6.37. The number of aliphatic imine (C=N–C) groups is 1.